The summed E-state index contributed by atoms with van der Waals surface area (Å²) in [6, 6.07) is -1.37. The van der Waals surface area contributed by atoms with Gasteiger partial charge in [0.1, 0.15) is 6.04 Å². The number of carbonyl (C=O) groups is 1. The third kappa shape index (κ3) is 6.25. The molecule has 0 saturated heterocycles. The van der Waals surface area contributed by atoms with Gasteiger partial charge in [-0.15, -0.1) is 0 Å². The van der Waals surface area contributed by atoms with Gasteiger partial charge in [-0.25, -0.2) is 4.79 Å². The van der Waals surface area contributed by atoms with E-state index in [0.29, 0.717) is 0 Å². The Kier molecular flexibility index (Phi) is 7.31. The molecule has 0 bridgehead atoms. The molecule has 0 heterocycles. The van der Waals surface area contributed by atoms with Crippen molar-refractivity contribution in [3.8, 4) is 0 Å². The van der Waals surface area contributed by atoms with Crippen molar-refractivity contribution in [2.75, 3.05) is 32.6 Å². The smallest absolute Gasteiger partial charge is 0.328 e. The van der Waals surface area contributed by atoms with Gasteiger partial charge in [-0.3, -0.25) is 9.55 Å². The summed E-state index contributed by atoms with van der Waals surface area (Å²) in [5, 5.41) is 40.5. The van der Waals surface area contributed by atoms with Crippen molar-refractivity contribution < 1.29 is 42.9 Å². The highest BCUT2D eigenvalue weighted by Crippen LogP contribution is 2.30. The van der Waals surface area contributed by atoms with Gasteiger partial charge in [0.05, 0.1) is 49.6 Å². The van der Waals surface area contributed by atoms with Crippen LogP contribution in [0.1, 0.15) is 12.8 Å². The van der Waals surface area contributed by atoms with Gasteiger partial charge in [0.15, 0.2) is 5.76 Å². The Balaban J connectivity index is 3.21. The van der Waals surface area contributed by atoms with E-state index in [9.17, 15) is 23.4 Å². The Labute approximate surface area is 144 Å². The number of allylic oxidation sites excluding steroid dienone is 1. The summed E-state index contributed by atoms with van der Waals surface area (Å²) in [7, 11) is -2.96. The van der Waals surface area contributed by atoms with Crippen LogP contribution in [0, 0.1) is 0 Å². The van der Waals surface area contributed by atoms with E-state index in [1.165, 1.54) is 7.11 Å². The lowest BCUT2D eigenvalue weighted by atomic mass is 9.85. The minimum Gasteiger partial charge on any atom is -0.493 e. The molecule has 11 nitrogen and oxygen atoms in total. The summed E-state index contributed by atoms with van der Waals surface area (Å²) < 4.78 is 35.5. The molecule has 0 spiro atoms. The number of nitrogens with one attached hydrogen (secondary N) is 1. The van der Waals surface area contributed by atoms with Crippen molar-refractivity contribution in [2.45, 2.75) is 24.5 Å². The number of carboxylic acids is 1. The molecule has 2 unspecified atom stereocenters. The fraction of sp³-hybridized carbons (Fsp3) is 0.692. The van der Waals surface area contributed by atoms with Gasteiger partial charge >= 0.3 is 5.97 Å². The maximum absolute atomic E-state index is 11.1. The molecule has 0 saturated carbocycles. The van der Waals surface area contributed by atoms with Crippen LogP contribution >= 0.6 is 0 Å². The molecule has 25 heavy (non-hydrogen) atoms. The van der Waals surface area contributed by atoms with E-state index in [2.05, 4.69) is 10.3 Å². The van der Waals surface area contributed by atoms with Crippen molar-refractivity contribution in [3.05, 3.63) is 11.5 Å². The molecule has 1 rings (SSSR count). The molecule has 144 valence electrons. The van der Waals surface area contributed by atoms with Gasteiger partial charge in [-0.2, -0.15) is 8.42 Å². The predicted molar refractivity (Wildman–Crippen MR) is 85.7 cm³/mol. The van der Waals surface area contributed by atoms with Gasteiger partial charge in [0.2, 0.25) is 0 Å². The number of methoxy groups -OCH3 is 1. The number of hydrogen-bond acceptors (Lipinski definition) is 9. The highest BCUT2D eigenvalue weighted by Gasteiger charge is 2.38. The van der Waals surface area contributed by atoms with E-state index in [1.807, 2.05) is 0 Å². The Morgan fingerprint density at radius 2 is 2.04 bits per heavy atom. The van der Waals surface area contributed by atoms with E-state index in [0.717, 1.165) is 0 Å². The Hall–Kier alpha value is -1.73. The molecular formula is C13H22N2O9S. The van der Waals surface area contributed by atoms with Gasteiger partial charge in [0.25, 0.3) is 10.1 Å². The fourth-order valence-electron chi connectivity index (χ4n) is 2.33. The van der Waals surface area contributed by atoms with Crippen LogP contribution in [0.15, 0.2) is 16.4 Å². The Morgan fingerprint density at radius 3 is 2.48 bits per heavy atom. The largest absolute Gasteiger partial charge is 0.493 e. The first-order valence-electron chi connectivity index (χ1n) is 7.24. The topological polar surface area (TPSA) is 186 Å². The molecule has 12 heteroatoms. The normalized spacial score (nSPS) is 24.3. The van der Waals surface area contributed by atoms with Crippen LogP contribution in [0.2, 0.25) is 0 Å². The van der Waals surface area contributed by atoms with E-state index in [4.69, 9.17) is 19.5 Å². The summed E-state index contributed by atoms with van der Waals surface area (Å²) in [6.07, 6.45) is -0.353. The molecule has 2 atom stereocenters. The maximum atomic E-state index is 11.1. The van der Waals surface area contributed by atoms with Crippen LogP contribution in [-0.2, 0) is 19.6 Å². The van der Waals surface area contributed by atoms with E-state index in [-0.39, 0.29) is 36.6 Å². The average molecular weight is 382 g/mol. The van der Waals surface area contributed by atoms with Crippen LogP contribution in [-0.4, -0.2) is 89.3 Å². The highest BCUT2D eigenvalue weighted by atomic mass is 32.2. The van der Waals surface area contributed by atoms with Crippen LogP contribution in [0.5, 0.6) is 0 Å². The zero-order chi connectivity index (χ0) is 19.3. The third-order valence-electron chi connectivity index (χ3n) is 3.52. The van der Waals surface area contributed by atoms with Crippen LogP contribution in [0.4, 0.5) is 0 Å². The molecule has 0 aromatic heterocycles. The van der Waals surface area contributed by atoms with E-state index in [1.54, 1.807) is 0 Å². The van der Waals surface area contributed by atoms with Crippen LogP contribution < -0.4 is 5.32 Å². The van der Waals surface area contributed by atoms with Gasteiger partial charge in [-0.05, 0) is 0 Å². The molecule has 6 N–H and O–H groups in total. The number of aliphatic imine (C=N–C) groups is 1. The minimum absolute atomic E-state index is 0.0770. The lowest BCUT2D eigenvalue weighted by Crippen LogP contribution is -2.47. The molecule has 0 fully saturated rings. The second-order valence-electron chi connectivity index (χ2n) is 5.58. The zero-order valence-electron chi connectivity index (χ0n) is 13.5. The number of aliphatic carboxylic acids is 1. The highest BCUT2D eigenvalue weighted by molar-refractivity contribution is 7.85. The number of ether oxygens (including phenoxy) is 1. The van der Waals surface area contributed by atoms with Crippen molar-refractivity contribution in [1.29, 1.82) is 0 Å². The summed E-state index contributed by atoms with van der Waals surface area (Å²) in [4.78, 5) is 15.0. The van der Waals surface area contributed by atoms with E-state index >= 15 is 0 Å². The lowest BCUT2D eigenvalue weighted by molar-refractivity contribution is -0.140. The van der Waals surface area contributed by atoms with Crippen molar-refractivity contribution in [1.82, 2.24) is 5.32 Å². The Bertz CT molecular complexity index is 658. The van der Waals surface area contributed by atoms with Crippen molar-refractivity contribution in [3.63, 3.8) is 0 Å². The van der Waals surface area contributed by atoms with Crippen LogP contribution in [0.3, 0.4) is 0 Å². The Morgan fingerprint density at radius 1 is 1.40 bits per heavy atom. The third-order valence-corrected chi connectivity index (χ3v) is 4.22. The second-order valence-corrected chi connectivity index (χ2v) is 7.15. The first-order valence-corrected chi connectivity index (χ1v) is 8.85. The molecule has 1 aliphatic carbocycles. The predicted octanol–water partition coefficient (Wildman–Crippen LogP) is -2.27. The van der Waals surface area contributed by atoms with E-state index < -0.39 is 46.7 Å². The molecule has 1 aliphatic rings. The molecule has 0 aliphatic heterocycles. The summed E-state index contributed by atoms with van der Waals surface area (Å²) in [5.41, 5.74) is -1.48. The van der Waals surface area contributed by atoms with Crippen LogP contribution in [0.25, 0.3) is 0 Å². The molecule has 0 amide bonds. The number of carboxylic acid groups (broad SMARTS) is 1. The monoisotopic (exact) mass is 382 g/mol. The molecule has 0 aromatic carbocycles. The zero-order valence-corrected chi connectivity index (χ0v) is 14.4. The number of hydrogen-bond donors (Lipinski definition) is 6. The number of aliphatic hydroxyl groups excluding tert-OH is 2. The van der Waals surface area contributed by atoms with Crippen molar-refractivity contribution in [2.24, 2.45) is 4.99 Å². The average Bonchev–Trinajstić information content (AvgIpc) is 2.51. The summed E-state index contributed by atoms with van der Waals surface area (Å²) in [6.45, 7) is -1.72. The second kappa shape index (κ2) is 8.58. The number of aliphatic hydroxyl groups is 3. The van der Waals surface area contributed by atoms with Gasteiger partial charge < -0.3 is 30.5 Å². The maximum Gasteiger partial charge on any atom is 0.328 e. The SMILES string of the molecule is COC1=C(NC(CO)C(=O)O)CC(O)(CO)CC1=NCCS(=O)(=O)O. The van der Waals surface area contributed by atoms with Gasteiger partial charge in [0, 0.05) is 12.8 Å². The standard InChI is InChI=1S/C13H22N2O9S/c1-24-11-8(14-2-3-25(21,22)23)4-13(20,7-17)5-9(11)15-10(6-16)12(18)19/h10,15-17,20H,2-7H2,1H3,(H,18,19)(H,21,22,23). The molecule has 0 aromatic rings. The molecular weight excluding hydrogens is 360 g/mol. The fourth-order valence-corrected chi connectivity index (χ4v) is 2.65. The first kappa shape index (κ1) is 21.3. The lowest BCUT2D eigenvalue weighted by Gasteiger charge is -2.34. The summed E-state index contributed by atoms with van der Waals surface area (Å²) >= 11 is 0. The van der Waals surface area contributed by atoms with Gasteiger partial charge in [-0.1, -0.05) is 0 Å². The molecule has 0 radical (unpaired) electrons. The first-order chi connectivity index (χ1) is 11.5. The minimum atomic E-state index is -4.23. The van der Waals surface area contributed by atoms with Crippen molar-refractivity contribution >= 4 is 21.8 Å². The number of rotatable bonds is 9. The summed E-state index contributed by atoms with van der Waals surface area (Å²) in [5.74, 6) is -1.91. The quantitative estimate of drug-likeness (QED) is 0.237. The number of nitrogens with zero attached hydrogens (tertiary/aromatic N) is 1.